The van der Waals surface area contributed by atoms with Gasteiger partial charge in [0.05, 0.1) is 0 Å². The largest absolute Gasteiger partial charge is 0.458 e. The molecule has 27 heavy (non-hydrogen) atoms. The molecule has 144 valence electrons. The lowest BCUT2D eigenvalue weighted by Crippen LogP contribution is -2.57. The normalized spacial score (nSPS) is 62.0. The molecular formula is C24H30O3. The van der Waals surface area contributed by atoms with Crippen LogP contribution in [-0.4, -0.2) is 17.4 Å². The number of allylic oxidation sites excluding steroid dienone is 1. The Morgan fingerprint density at radius 3 is 2.63 bits per heavy atom. The highest BCUT2D eigenvalue weighted by molar-refractivity contribution is 5.92. The van der Waals surface area contributed by atoms with Gasteiger partial charge in [0.2, 0.25) is 0 Å². The van der Waals surface area contributed by atoms with Crippen LogP contribution in [0, 0.1) is 52.3 Å². The van der Waals surface area contributed by atoms with E-state index in [0.717, 1.165) is 48.9 Å². The second-order valence-electron chi connectivity index (χ2n) is 11.5. The molecule has 7 rings (SSSR count). The molecule has 0 aromatic carbocycles. The Morgan fingerprint density at radius 2 is 1.85 bits per heavy atom. The average Bonchev–Trinajstić information content (AvgIpc) is 3.53. The van der Waals surface area contributed by atoms with E-state index < -0.39 is 0 Å². The maximum Gasteiger partial charge on any atom is 0.306 e. The van der Waals surface area contributed by atoms with E-state index in [2.05, 4.69) is 19.9 Å². The van der Waals surface area contributed by atoms with Crippen LogP contribution in [0.25, 0.3) is 0 Å². The van der Waals surface area contributed by atoms with Gasteiger partial charge in [-0.1, -0.05) is 19.4 Å². The Balaban J connectivity index is 1.33. The second kappa shape index (κ2) is 4.39. The average molecular weight is 367 g/mol. The van der Waals surface area contributed by atoms with Gasteiger partial charge in [-0.15, -0.1) is 0 Å². The van der Waals surface area contributed by atoms with Gasteiger partial charge in [0, 0.05) is 24.2 Å². The predicted octanol–water partition coefficient (Wildman–Crippen LogP) is 4.31. The van der Waals surface area contributed by atoms with E-state index in [4.69, 9.17) is 4.74 Å². The fourth-order valence-corrected chi connectivity index (χ4v) is 9.74. The second-order valence-corrected chi connectivity index (χ2v) is 11.5. The van der Waals surface area contributed by atoms with Crippen LogP contribution in [0.5, 0.6) is 0 Å². The highest BCUT2D eigenvalue weighted by Crippen LogP contribution is 2.82. The van der Waals surface area contributed by atoms with Crippen molar-refractivity contribution in [1.29, 1.82) is 0 Å². The molecule has 0 aromatic heterocycles. The van der Waals surface area contributed by atoms with E-state index >= 15 is 0 Å². The van der Waals surface area contributed by atoms with Crippen molar-refractivity contribution in [1.82, 2.24) is 0 Å². The van der Waals surface area contributed by atoms with E-state index in [1.54, 1.807) is 0 Å². The number of carbonyl (C=O) groups excluding carboxylic acids is 2. The summed E-state index contributed by atoms with van der Waals surface area (Å²) in [6.45, 7) is 4.99. The summed E-state index contributed by atoms with van der Waals surface area (Å²) in [4.78, 5) is 24.3. The topological polar surface area (TPSA) is 43.4 Å². The van der Waals surface area contributed by atoms with Crippen LogP contribution in [0.15, 0.2) is 11.6 Å². The molecule has 0 radical (unpaired) electrons. The van der Waals surface area contributed by atoms with Gasteiger partial charge in [-0.2, -0.15) is 0 Å². The summed E-state index contributed by atoms with van der Waals surface area (Å²) in [5.74, 6) is 5.65. The fraction of sp³-hybridized carbons (Fsp3) is 0.833. The Labute approximate surface area is 161 Å². The molecule has 3 heteroatoms. The third kappa shape index (κ3) is 1.58. The Morgan fingerprint density at radius 1 is 1.00 bits per heavy atom. The lowest BCUT2D eigenvalue weighted by atomic mass is 9.45. The minimum Gasteiger partial charge on any atom is -0.458 e. The van der Waals surface area contributed by atoms with Crippen molar-refractivity contribution in [3.8, 4) is 0 Å². The highest BCUT2D eigenvalue weighted by atomic mass is 16.6. The Bertz CT molecular complexity index is 827. The summed E-state index contributed by atoms with van der Waals surface area (Å²) in [5, 5.41) is 0. The molecule has 0 bridgehead atoms. The number of fused-ring (bicyclic) bond motifs is 12. The maximum absolute atomic E-state index is 12.2. The van der Waals surface area contributed by atoms with Crippen molar-refractivity contribution in [3.63, 3.8) is 0 Å². The van der Waals surface area contributed by atoms with Crippen molar-refractivity contribution in [2.75, 3.05) is 0 Å². The molecule has 1 aliphatic heterocycles. The van der Waals surface area contributed by atoms with E-state index in [0.29, 0.717) is 24.0 Å². The number of ketones is 1. The number of ether oxygens (including phenoxy) is 1. The molecule has 7 aliphatic rings. The minimum absolute atomic E-state index is 0.0561. The zero-order valence-electron chi connectivity index (χ0n) is 16.5. The molecule has 1 heterocycles. The van der Waals surface area contributed by atoms with E-state index in [1.807, 2.05) is 0 Å². The molecule has 1 spiro atoms. The van der Waals surface area contributed by atoms with Crippen LogP contribution in [0.3, 0.4) is 0 Å². The zero-order chi connectivity index (χ0) is 18.3. The van der Waals surface area contributed by atoms with Crippen LogP contribution in [0.4, 0.5) is 0 Å². The molecular weight excluding hydrogens is 336 g/mol. The summed E-state index contributed by atoms with van der Waals surface area (Å²) in [5.41, 5.74) is 1.85. The molecule has 6 fully saturated rings. The maximum atomic E-state index is 12.2. The standard InChI is InChI=1S/C24H30O3/c1-22-6-3-12(25)9-17(22)13-10-14(13)20-16(22)4-7-23(2)21(20)15-11-18(15)24(23)8-5-19(26)27-24/h9,13-16,18,20-21H,3-8,10-11H2,1-2H3/t13?,14?,15-,16+,18+,20?,21+,22-,23+,24+/m1/s1. The first-order valence-corrected chi connectivity index (χ1v) is 11.4. The van der Waals surface area contributed by atoms with Crippen molar-refractivity contribution in [3.05, 3.63) is 11.6 Å². The summed E-state index contributed by atoms with van der Waals surface area (Å²) in [7, 11) is 0. The van der Waals surface area contributed by atoms with E-state index in [9.17, 15) is 9.59 Å². The van der Waals surface area contributed by atoms with Crippen molar-refractivity contribution < 1.29 is 14.3 Å². The Hall–Kier alpha value is -1.12. The van der Waals surface area contributed by atoms with Gasteiger partial charge >= 0.3 is 5.97 Å². The summed E-state index contributed by atoms with van der Waals surface area (Å²) < 4.78 is 6.22. The van der Waals surface area contributed by atoms with Gasteiger partial charge in [0.15, 0.2) is 5.78 Å². The molecule has 5 saturated carbocycles. The zero-order valence-corrected chi connectivity index (χ0v) is 16.5. The quantitative estimate of drug-likeness (QED) is 0.600. The number of rotatable bonds is 0. The molecule has 3 nitrogen and oxygen atoms in total. The van der Waals surface area contributed by atoms with Crippen LogP contribution >= 0.6 is 0 Å². The van der Waals surface area contributed by atoms with Gasteiger partial charge in [0.25, 0.3) is 0 Å². The van der Waals surface area contributed by atoms with Crippen molar-refractivity contribution in [2.45, 2.75) is 70.8 Å². The number of hydrogen-bond acceptors (Lipinski definition) is 3. The lowest BCUT2D eigenvalue weighted by molar-refractivity contribution is -0.177. The first-order chi connectivity index (χ1) is 12.9. The SMILES string of the molecule is C[C@]12CCC(=O)C=C1C1CC1C1[C@@H]3[C@@H]4C[C@@H]4[C@@]4(CCC(=O)O4)[C@@]3(C)CC[C@@H]12. The van der Waals surface area contributed by atoms with Crippen LogP contribution in [-0.2, 0) is 14.3 Å². The van der Waals surface area contributed by atoms with E-state index in [-0.39, 0.29) is 22.4 Å². The van der Waals surface area contributed by atoms with E-state index in [1.165, 1.54) is 31.3 Å². The molecule has 0 aromatic rings. The molecule has 10 atom stereocenters. The van der Waals surface area contributed by atoms with Gasteiger partial charge in [0.1, 0.15) is 5.60 Å². The third-order valence-electron chi connectivity index (χ3n) is 10.9. The van der Waals surface area contributed by atoms with Crippen LogP contribution in [0.2, 0.25) is 0 Å². The monoisotopic (exact) mass is 366 g/mol. The first kappa shape index (κ1) is 15.8. The summed E-state index contributed by atoms with van der Waals surface area (Å²) in [6, 6.07) is 0. The van der Waals surface area contributed by atoms with Gasteiger partial charge in [-0.3, -0.25) is 9.59 Å². The van der Waals surface area contributed by atoms with Crippen molar-refractivity contribution in [2.24, 2.45) is 52.3 Å². The molecule has 3 unspecified atom stereocenters. The number of esters is 1. The molecule has 0 amide bonds. The van der Waals surface area contributed by atoms with Gasteiger partial charge in [-0.25, -0.2) is 0 Å². The summed E-state index contributed by atoms with van der Waals surface area (Å²) in [6.07, 6.45) is 10.6. The van der Waals surface area contributed by atoms with Gasteiger partial charge in [-0.05, 0) is 85.5 Å². The Kier molecular flexibility index (Phi) is 2.56. The smallest absolute Gasteiger partial charge is 0.306 e. The lowest BCUT2D eigenvalue weighted by Gasteiger charge is -2.60. The first-order valence-electron chi connectivity index (χ1n) is 11.4. The molecule has 6 aliphatic carbocycles. The van der Waals surface area contributed by atoms with Crippen LogP contribution < -0.4 is 0 Å². The van der Waals surface area contributed by atoms with Gasteiger partial charge < -0.3 is 4.74 Å². The highest BCUT2D eigenvalue weighted by Gasteiger charge is 2.81. The number of carbonyl (C=O) groups is 2. The van der Waals surface area contributed by atoms with Crippen LogP contribution in [0.1, 0.15) is 65.2 Å². The minimum atomic E-state index is -0.131. The predicted molar refractivity (Wildman–Crippen MR) is 99.5 cm³/mol. The molecule has 1 saturated heterocycles. The fourth-order valence-electron chi connectivity index (χ4n) is 9.74. The molecule has 0 N–H and O–H groups in total. The third-order valence-corrected chi connectivity index (χ3v) is 10.9. The number of hydrogen-bond donors (Lipinski definition) is 0. The van der Waals surface area contributed by atoms with Crippen molar-refractivity contribution >= 4 is 11.8 Å². The summed E-state index contributed by atoms with van der Waals surface area (Å²) >= 11 is 0.